The van der Waals surface area contributed by atoms with Crippen LogP contribution in [0, 0.1) is 20.8 Å². The highest BCUT2D eigenvalue weighted by Crippen LogP contribution is 2.36. The number of hydrogen-bond acceptors (Lipinski definition) is 7. The van der Waals surface area contributed by atoms with Gasteiger partial charge in [-0.2, -0.15) is 0 Å². The molecule has 3 aromatic heterocycles. The minimum absolute atomic E-state index is 0.0717. The van der Waals surface area contributed by atoms with Crippen LogP contribution in [-0.4, -0.2) is 32.5 Å². The second-order valence-corrected chi connectivity index (χ2v) is 8.75. The highest BCUT2D eigenvalue weighted by atomic mass is 32.1. The first-order chi connectivity index (χ1) is 15.0. The summed E-state index contributed by atoms with van der Waals surface area (Å²) in [7, 11) is 0. The summed E-state index contributed by atoms with van der Waals surface area (Å²) in [6.07, 6.45) is 1.81. The van der Waals surface area contributed by atoms with E-state index in [1.54, 1.807) is 5.51 Å². The van der Waals surface area contributed by atoms with E-state index in [1.807, 2.05) is 43.0 Å². The van der Waals surface area contributed by atoms with E-state index in [0.29, 0.717) is 23.3 Å². The second kappa shape index (κ2) is 7.77. The van der Waals surface area contributed by atoms with E-state index in [1.165, 1.54) is 11.3 Å². The molecular weight excluding hydrogens is 410 g/mol. The lowest BCUT2D eigenvalue weighted by atomic mass is 10.0. The van der Waals surface area contributed by atoms with Crippen LogP contribution in [0.15, 0.2) is 40.3 Å². The molecule has 8 heteroatoms. The van der Waals surface area contributed by atoms with Crippen molar-refractivity contribution >= 4 is 39.2 Å². The number of amides is 1. The Morgan fingerprint density at radius 2 is 2.06 bits per heavy atom. The van der Waals surface area contributed by atoms with E-state index < -0.39 is 0 Å². The van der Waals surface area contributed by atoms with Gasteiger partial charge in [0.2, 0.25) is 5.13 Å². The third-order valence-corrected chi connectivity index (χ3v) is 6.65. The molecule has 0 unspecified atom stereocenters. The number of anilines is 2. The molecule has 1 aromatic carbocycles. The number of aryl methyl sites for hydroxylation is 3. The Labute approximate surface area is 184 Å². The highest BCUT2D eigenvalue weighted by molar-refractivity contribution is 7.13. The van der Waals surface area contributed by atoms with Crippen molar-refractivity contribution in [1.29, 1.82) is 0 Å². The van der Waals surface area contributed by atoms with E-state index >= 15 is 0 Å². The number of carbonyl (C=O) groups excluding carboxylic acids is 1. The minimum Gasteiger partial charge on any atom is -0.450 e. The molecule has 0 spiro atoms. The predicted octanol–water partition coefficient (Wildman–Crippen LogP) is 5.33. The molecule has 1 fully saturated rings. The van der Waals surface area contributed by atoms with Crippen molar-refractivity contribution in [3.63, 3.8) is 0 Å². The van der Waals surface area contributed by atoms with E-state index in [0.717, 1.165) is 46.2 Å². The van der Waals surface area contributed by atoms with Crippen molar-refractivity contribution in [2.24, 2.45) is 0 Å². The zero-order valence-electron chi connectivity index (χ0n) is 17.7. The van der Waals surface area contributed by atoms with Gasteiger partial charge in [0.1, 0.15) is 16.9 Å². The van der Waals surface area contributed by atoms with Crippen molar-refractivity contribution in [2.75, 3.05) is 11.9 Å². The zero-order chi connectivity index (χ0) is 21.5. The predicted molar refractivity (Wildman–Crippen MR) is 121 cm³/mol. The molecule has 1 atom stereocenters. The Balaban J connectivity index is 1.46. The fraction of sp³-hybridized carbons (Fsp3) is 0.304. The smallest absolute Gasteiger partial charge is 0.290 e. The molecule has 1 aliphatic heterocycles. The summed E-state index contributed by atoms with van der Waals surface area (Å²) < 4.78 is 6.12. The Hall–Kier alpha value is -3.26. The van der Waals surface area contributed by atoms with E-state index in [-0.39, 0.29) is 11.9 Å². The maximum atomic E-state index is 13.5. The molecule has 31 heavy (non-hydrogen) atoms. The van der Waals surface area contributed by atoms with Gasteiger partial charge in [0, 0.05) is 17.5 Å². The molecule has 1 N–H and O–H groups in total. The molecule has 158 valence electrons. The number of fused-ring (bicyclic) bond motifs is 1. The molecule has 0 aliphatic carbocycles. The van der Waals surface area contributed by atoms with Gasteiger partial charge in [0.25, 0.3) is 5.91 Å². The first-order valence-electron chi connectivity index (χ1n) is 10.3. The Bertz CT molecular complexity index is 1260. The number of pyridine rings is 1. The first kappa shape index (κ1) is 19.7. The van der Waals surface area contributed by atoms with Crippen LogP contribution in [-0.2, 0) is 0 Å². The van der Waals surface area contributed by atoms with Crippen LogP contribution in [0.1, 0.15) is 51.8 Å². The molecule has 5 rings (SSSR count). The lowest BCUT2D eigenvalue weighted by Gasteiger charge is -2.24. The van der Waals surface area contributed by atoms with Gasteiger partial charge in [0.15, 0.2) is 5.76 Å². The van der Waals surface area contributed by atoms with Crippen molar-refractivity contribution < 1.29 is 9.21 Å². The molecule has 0 saturated carbocycles. The van der Waals surface area contributed by atoms with Gasteiger partial charge in [-0.25, -0.2) is 4.98 Å². The molecule has 1 aliphatic rings. The summed E-state index contributed by atoms with van der Waals surface area (Å²) in [5.41, 5.74) is 6.47. The summed E-state index contributed by atoms with van der Waals surface area (Å²) in [5.74, 6) is 1.05. The number of likely N-dealkylation sites (tertiary alicyclic amines) is 1. The van der Waals surface area contributed by atoms with Crippen LogP contribution >= 0.6 is 11.3 Å². The Kier molecular flexibility index (Phi) is 4.94. The number of benzene rings is 1. The van der Waals surface area contributed by atoms with Crippen LogP contribution < -0.4 is 5.32 Å². The molecule has 4 heterocycles. The standard InChI is InChI=1S/C23H23N5O2S/c1-13-9-10-16-15(3)21(30-20(16)14(13)2)22(29)28-11-5-7-18(28)17-6-4-8-19(25-17)26-23-27-24-12-31-23/h4,6,8-10,12,18H,5,7,11H2,1-3H3,(H,25,26,27)/t18-/m1/s1. The van der Waals surface area contributed by atoms with Crippen molar-refractivity contribution in [2.45, 2.75) is 39.7 Å². The fourth-order valence-electron chi connectivity index (χ4n) is 4.21. The van der Waals surface area contributed by atoms with Crippen LogP contribution in [0.2, 0.25) is 0 Å². The van der Waals surface area contributed by atoms with Crippen LogP contribution in [0.4, 0.5) is 10.9 Å². The quantitative estimate of drug-likeness (QED) is 0.469. The summed E-state index contributed by atoms with van der Waals surface area (Å²) in [6.45, 7) is 6.74. The molecule has 7 nitrogen and oxygen atoms in total. The fourth-order valence-corrected chi connectivity index (χ4v) is 4.67. The zero-order valence-corrected chi connectivity index (χ0v) is 18.5. The number of nitrogens with one attached hydrogen (secondary N) is 1. The van der Waals surface area contributed by atoms with Crippen molar-refractivity contribution in [3.8, 4) is 0 Å². The van der Waals surface area contributed by atoms with Gasteiger partial charge in [-0.15, -0.1) is 10.2 Å². The van der Waals surface area contributed by atoms with Crippen LogP contribution in [0.5, 0.6) is 0 Å². The maximum Gasteiger partial charge on any atom is 0.290 e. The van der Waals surface area contributed by atoms with Crippen molar-refractivity contribution in [3.05, 3.63) is 64.0 Å². The van der Waals surface area contributed by atoms with Gasteiger partial charge in [-0.3, -0.25) is 4.79 Å². The maximum absolute atomic E-state index is 13.5. The number of carbonyl (C=O) groups is 1. The molecule has 1 amide bonds. The Morgan fingerprint density at radius 3 is 2.87 bits per heavy atom. The summed E-state index contributed by atoms with van der Waals surface area (Å²) in [5, 5.41) is 12.7. The van der Waals surface area contributed by atoms with Crippen LogP contribution in [0.25, 0.3) is 11.0 Å². The topological polar surface area (TPSA) is 84.2 Å². The summed E-state index contributed by atoms with van der Waals surface area (Å²) >= 11 is 1.41. The molecule has 4 aromatic rings. The number of rotatable bonds is 4. The summed E-state index contributed by atoms with van der Waals surface area (Å²) in [6, 6.07) is 9.85. The van der Waals surface area contributed by atoms with E-state index in [9.17, 15) is 4.79 Å². The van der Waals surface area contributed by atoms with E-state index in [4.69, 9.17) is 9.40 Å². The van der Waals surface area contributed by atoms with Crippen molar-refractivity contribution in [1.82, 2.24) is 20.1 Å². The van der Waals surface area contributed by atoms with Gasteiger partial charge < -0.3 is 14.6 Å². The molecular formula is C23H23N5O2S. The average Bonchev–Trinajstić information content (AvgIpc) is 3.51. The number of hydrogen-bond donors (Lipinski definition) is 1. The van der Waals surface area contributed by atoms with Gasteiger partial charge in [-0.05, 0) is 56.9 Å². The van der Waals surface area contributed by atoms with Gasteiger partial charge >= 0.3 is 0 Å². The lowest BCUT2D eigenvalue weighted by Crippen LogP contribution is -2.31. The SMILES string of the molecule is Cc1ccc2c(C)c(C(=O)N3CCC[C@@H]3c3cccc(Nc4nncs4)n3)oc2c1C. The second-order valence-electron chi connectivity index (χ2n) is 7.91. The van der Waals surface area contributed by atoms with Gasteiger partial charge in [0.05, 0.1) is 11.7 Å². The third-order valence-electron chi connectivity index (χ3n) is 6.04. The summed E-state index contributed by atoms with van der Waals surface area (Å²) in [4.78, 5) is 20.2. The molecule has 0 radical (unpaired) electrons. The van der Waals surface area contributed by atoms with Gasteiger partial charge in [-0.1, -0.05) is 29.5 Å². The average molecular weight is 434 g/mol. The van der Waals surface area contributed by atoms with Crippen LogP contribution in [0.3, 0.4) is 0 Å². The molecule has 1 saturated heterocycles. The third kappa shape index (κ3) is 3.46. The molecule has 0 bridgehead atoms. The largest absolute Gasteiger partial charge is 0.450 e. The first-order valence-corrected chi connectivity index (χ1v) is 11.2. The Morgan fingerprint density at radius 1 is 1.19 bits per heavy atom. The number of aromatic nitrogens is 3. The monoisotopic (exact) mass is 433 g/mol. The number of furan rings is 1. The normalized spacial score (nSPS) is 16.2. The minimum atomic E-state index is -0.0842. The number of nitrogens with zero attached hydrogens (tertiary/aromatic N) is 4. The highest BCUT2D eigenvalue weighted by Gasteiger charge is 2.34. The lowest BCUT2D eigenvalue weighted by molar-refractivity contribution is 0.0702. The van der Waals surface area contributed by atoms with E-state index in [2.05, 4.69) is 28.5 Å².